The maximum atomic E-state index is 10.5. The van der Waals surface area contributed by atoms with Gasteiger partial charge in [0.25, 0.3) is 6.02 Å². The number of hydrogen-bond donors (Lipinski definition) is 3. The van der Waals surface area contributed by atoms with Crippen molar-refractivity contribution in [3.8, 4) is 0 Å². The van der Waals surface area contributed by atoms with E-state index in [4.69, 9.17) is 9.47 Å². The third kappa shape index (κ3) is 5.73. The van der Waals surface area contributed by atoms with E-state index in [2.05, 4.69) is 25.9 Å². The summed E-state index contributed by atoms with van der Waals surface area (Å²) in [6, 6.07) is 12.3. The van der Waals surface area contributed by atoms with Crippen molar-refractivity contribution in [2.75, 3.05) is 31.9 Å². The Bertz CT molecular complexity index is 893. The summed E-state index contributed by atoms with van der Waals surface area (Å²) in [5, 5.41) is 10.8. The Morgan fingerprint density at radius 1 is 1.29 bits per heavy atom. The Kier molecular flexibility index (Phi) is 7.83. The van der Waals surface area contributed by atoms with Gasteiger partial charge in [-0.15, -0.1) is 0 Å². The summed E-state index contributed by atoms with van der Waals surface area (Å²) < 4.78 is 9.94. The van der Waals surface area contributed by atoms with Crippen LogP contribution in [0.1, 0.15) is 6.92 Å². The Labute approximate surface area is 164 Å². The van der Waals surface area contributed by atoms with Crippen molar-refractivity contribution in [3.05, 3.63) is 48.5 Å². The molecule has 8 nitrogen and oxygen atoms in total. The molecular weight excluding hydrogens is 358 g/mol. The van der Waals surface area contributed by atoms with Gasteiger partial charge in [0.15, 0.2) is 0 Å². The number of amides is 1. The van der Waals surface area contributed by atoms with E-state index in [1.165, 1.54) is 0 Å². The van der Waals surface area contributed by atoms with Gasteiger partial charge in [0.2, 0.25) is 12.3 Å². The molecule has 28 heavy (non-hydrogen) atoms. The zero-order valence-electron chi connectivity index (χ0n) is 16.4. The molecule has 8 heteroatoms. The van der Waals surface area contributed by atoms with Gasteiger partial charge in [0.1, 0.15) is 0 Å². The number of fused-ring (bicyclic) bond motifs is 1. The predicted molar refractivity (Wildman–Crippen MR) is 114 cm³/mol. The first-order chi connectivity index (χ1) is 13.6. The van der Waals surface area contributed by atoms with Crippen LogP contribution in [0.15, 0.2) is 58.5 Å². The van der Waals surface area contributed by atoms with E-state index in [0.29, 0.717) is 24.4 Å². The second-order valence-electron chi connectivity index (χ2n) is 5.78. The number of nitrogens with zero attached hydrogens (tertiary/aromatic N) is 2. The molecule has 0 bridgehead atoms. The van der Waals surface area contributed by atoms with Crippen LogP contribution in [-0.2, 0) is 14.3 Å². The van der Waals surface area contributed by atoms with Crippen LogP contribution in [0.5, 0.6) is 0 Å². The minimum Gasteiger partial charge on any atom is -0.480 e. The maximum absolute atomic E-state index is 10.5. The van der Waals surface area contributed by atoms with Gasteiger partial charge < -0.3 is 25.4 Å². The van der Waals surface area contributed by atoms with Crippen molar-refractivity contribution in [2.24, 2.45) is 9.98 Å². The molecule has 0 saturated heterocycles. The first-order valence-corrected chi connectivity index (χ1v) is 8.66. The summed E-state index contributed by atoms with van der Waals surface area (Å²) >= 11 is 0. The van der Waals surface area contributed by atoms with Crippen molar-refractivity contribution >= 4 is 40.8 Å². The molecule has 1 aliphatic heterocycles. The zero-order chi connectivity index (χ0) is 20.4. The molecule has 0 aromatic heterocycles. The third-order valence-corrected chi connectivity index (χ3v) is 3.85. The van der Waals surface area contributed by atoms with Gasteiger partial charge in [-0.25, -0.2) is 9.98 Å². The molecule has 1 atom stereocenters. The number of amidine groups is 1. The number of nitrogens with one attached hydrogen (secondary N) is 3. The van der Waals surface area contributed by atoms with Crippen molar-refractivity contribution in [2.45, 2.75) is 13.0 Å². The number of carbonyl (C=O) groups is 1. The monoisotopic (exact) mass is 383 g/mol. The first-order valence-electron chi connectivity index (χ1n) is 8.66. The molecule has 1 unspecified atom stereocenters. The molecule has 1 amide bonds. The van der Waals surface area contributed by atoms with Crippen LogP contribution in [0.3, 0.4) is 0 Å². The Morgan fingerprint density at radius 2 is 2.11 bits per heavy atom. The van der Waals surface area contributed by atoms with Gasteiger partial charge in [-0.1, -0.05) is 18.2 Å². The molecule has 0 saturated carbocycles. The maximum Gasteiger partial charge on any atom is 0.288 e. The largest absolute Gasteiger partial charge is 0.480 e. The van der Waals surface area contributed by atoms with E-state index in [1.807, 2.05) is 43.3 Å². The highest BCUT2D eigenvalue weighted by molar-refractivity contribution is 6.03. The summed E-state index contributed by atoms with van der Waals surface area (Å²) in [6.07, 6.45) is 4.22. The van der Waals surface area contributed by atoms with E-state index >= 15 is 0 Å². The molecule has 0 fully saturated rings. The highest BCUT2D eigenvalue weighted by atomic mass is 16.5. The normalized spacial score (nSPS) is 15.5. The van der Waals surface area contributed by atoms with Gasteiger partial charge in [-0.2, -0.15) is 0 Å². The highest BCUT2D eigenvalue weighted by Gasteiger charge is 2.05. The highest BCUT2D eigenvalue weighted by Crippen LogP contribution is 2.26. The minimum absolute atomic E-state index is 0.323. The Hall–Kier alpha value is -3.55. The number of benzene rings is 2. The lowest BCUT2D eigenvalue weighted by molar-refractivity contribution is -0.105. The van der Waals surface area contributed by atoms with Crippen LogP contribution < -0.4 is 16.0 Å². The number of carbonyl (C=O) groups excluding carboxylic acids is 1. The van der Waals surface area contributed by atoms with Crippen molar-refractivity contribution in [1.82, 2.24) is 5.32 Å². The second-order valence-corrected chi connectivity index (χ2v) is 5.78. The van der Waals surface area contributed by atoms with Crippen LogP contribution in [0.4, 0.5) is 11.4 Å². The van der Waals surface area contributed by atoms with Crippen molar-refractivity contribution in [3.63, 3.8) is 0 Å². The molecule has 1 aliphatic rings. The number of rotatable bonds is 4. The standard InChI is InChI=1S/C14H15N3O2.C6H10N2O/c1-15-14(19-2)17-13-5-3-4-10-6-7-11(16-9-18)8-12(10)13;1-5-3-8-6(9-2)4-7-5/h3-9H,1-2H3,(H,15,17)(H,16,18);3-5,7H,1-2H3. The summed E-state index contributed by atoms with van der Waals surface area (Å²) in [4.78, 5) is 18.5. The summed E-state index contributed by atoms with van der Waals surface area (Å²) in [6.45, 7) is 2.02. The SMILES string of the molecule is CN=C(Nc1cccc2ccc(NC=O)cc12)OC.COC1=CNC(C)C=N1. The fourth-order valence-electron chi connectivity index (χ4n) is 2.43. The average molecular weight is 383 g/mol. The second kappa shape index (κ2) is 10.6. The quantitative estimate of drug-likeness (QED) is 0.429. The van der Waals surface area contributed by atoms with Gasteiger partial charge in [-0.05, 0) is 30.5 Å². The molecule has 0 aliphatic carbocycles. The molecule has 0 radical (unpaired) electrons. The van der Waals surface area contributed by atoms with Crippen LogP contribution in [-0.4, -0.2) is 46.0 Å². The van der Waals surface area contributed by atoms with Crippen LogP contribution >= 0.6 is 0 Å². The molecule has 0 spiro atoms. The number of ether oxygens (including phenoxy) is 2. The molecule has 2 aromatic rings. The fourth-order valence-corrected chi connectivity index (χ4v) is 2.43. The number of aliphatic imine (C=N–C) groups is 2. The van der Waals surface area contributed by atoms with E-state index in [0.717, 1.165) is 22.1 Å². The topological polar surface area (TPSA) is 96.3 Å². The van der Waals surface area contributed by atoms with Crippen molar-refractivity contribution < 1.29 is 14.3 Å². The van der Waals surface area contributed by atoms with E-state index in [1.54, 1.807) is 33.7 Å². The Morgan fingerprint density at radius 3 is 2.71 bits per heavy atom. The van der Waals surface area contributed by atoms with Gasteiger partial charge >= 0.3 is 0 Å². The van der Waals surface area contributed by atoms with Crippen LogP contribution in [0.25, 0.3) is 10.8 Å². The van der Waals surface area contributed by atoms with E-state index in [-0.39, 0.29) is 0 Å². The Balaban J connectivity index is 0.000000261. The minimum atomic E-state index is 0.323. The van der Waals surface area contributed by atoms with Crippen molar-refractivity contribution in [1.29, 1.82) is 0 Å². The molecule has 2 aromatic carbocycles. The smallest absolute Gasteiger partial charge is 0.288 e. The van der Waals surface area contributed by atoms with E-state index < -0.39 is 0 Å². The first kappa shape index (κ1) is 20.8. The molecule has 3 rings (SSSR count). The predicted octanol–water partition coefficient (Wildman–Crippen LogP) is 2.95. The van der Waals surface area contributed by atoms with Gasteiger partial charge in [-0.3, -0.25) is 4.79 Å². The van der Waals surface area contributed by atoms with Crippen LogP contribution in [0.2, 0.25) is 0 Å². The molecule has 1 heterocycles. The lowest BCUT2D eigenvalue weighted by Crippen LogP contribution is -2.25. The van der Waals surface area contributed by atoms with Gasteiger partial charge in [0, 0.05) is 24.3 Å². The lowest BCUT2D eigenvalue weighted by atomic mass is 10.1. The summed E-state index contributed by atoms with van der Waals surface area (Å²) in [5.41, 5.74) is 1.61. The van der Waals surface area contributed by atoms with Crippen LogP contribution in [0, 0.1) is 0 Å². The number of methoxy groups -OCH3 is 2. The molecule has 148 valence electrons. The molecule has 3 N–H and O–H groups in total. The molecular formula is C20H25N5O3. The zero-order valence-corrected chi connectivity index (χ0v) is 16.4. The average Bonchev–Trinajstić information content (AvgIpc) is 2.73. The fraction of sp³-hybridized carbons (Fsp3) is 0.250. The van der Waals surface area contributed by atoms with E-state index in [9.17, 15) is 4.79 Å². The number of anilines is 2. The lowest BCUT2D eigenvalue weighted by Gasteiger charge is -2.11. The number of hydrogen-bond acceptors (Lipinski definition) is 6. The van der Waals surface area contributed by atoms with Gasteiger partial charge in [0.05, 0.1) is 32.1 Å². The third-order valence-electron chi connectivity index (χ3n) is 3.85. The summed E-state index contributed by atoms with van der Waals surface area (Å²) in [5.74, 6) is 0.633. The summed E-state index contributed by atoms with van der Waals surface area (Å²) in [7, 11) is 4.80.